The van der Waals surface area contributed by atoms with Crippen LogP contribution in [0.25, 0.3) is 0 Å². The van der Waals surface area contributed by atoms with E-state index in [4.69, 9.17) is 5.73 Å². The SMILES string of the molecule is Cc1ccc(NS(=O)(=O)c2ccc(CN)cc2F)c(C)n1. The maximum atomic E-state index is 13.9. The Bertz CT molecular complexity index is 776. The van der Waals surface area contributed by atoms with Crippen molar-refractivity contribution in [1.29, 1.82) is 0 Å². The lowest BCUT2D eigenvalue weighted by Gasteiger charge is -2.11. The molecule has 3 N–H and O–H groups in total. The molecule has 1 aromatic heterocycles. The lowest BCUT2D eigenvalue weighted by molar-refractivity contribution is 0.569. The number of aromatic nitrogens is 1. The van der Waals surface area contributed by atoms with Gasteiger partial charge < -0.3 is 5.73 Å². The molecule has 0 atom stereocenters. The van der Waals surface area contributed by atoms with E-state index in [2.05, 4.69) is 9.71 Å². The number of halogens is 1. The Balaban J connectivity index is 2.38. The van der Waals surface area contributed by atoms with E-state index in [-0.39, 0.29) is 6.54 Å². The van der Waals surface area contributed by atoms with Crippen LogP contribution in [0.4, 0.5) is 10.1 Å². The van der Waals surface area contributed by atoms with Crippen LogP contribution in [0.3, 0.4) is 0 Å². The van der Waals surface area contributed by atoms with Crippen molar-refractivity contribution in [3.05, 3.63) is 53.1 Å². The minimum absolute atomic E-state index is 0.145. The molecule has 0 spiro atoms. The summed E-state index contributed by atoms with van der Waals surface area (Å²) in [6, 6.07) is 7.09. The number of anilines is 1. The molecule has 1 aromatic carbocycles. The number of pyridine rings is 1. The summed E-state index contributed by atoms with van der Waals surface area (Å²) < 4.78 is 40.8. The fraction of sp³-hybridized carbons (Fsp3) is 0.214. The van der Waals surface area contributed by atoms with Gasteiger partial charge in [0.15, 0.2) is 0 Å². The second-order valence-electron chi connectivity index (χ2n) is 4.66. The molecule has 5 nitrogen and oxygen atoms in total. The van der Waals surface area contributed by atoms with Crippen molar-refractivity contribution in [3.63, 3.8) is 0 Å². The Labute approximate surface area is 123 Å². The summed E-state index contributed by atoms with van der Waals surface area (Å²) >= 11 is 0. The van der Waals surface area contributed by atoms with Gasteiger partial charge in [-0.2, -0.15) is 0 Å². The summed E-state index contributed by atoms with van der Waals surface area (Å²) in [5.74, 6) is -0.830. The quantitative estimate of drug-likeness (QED) is 0.905. The Morgan fingerprint density at radius 2 is 1.95 bits per heavy atom. The van der Waals surface area contributed by atoms with Crippen LogP contribution in [0.1, 0.15) is 17.0 Å². The van der Waals surface area contributed by atoms with Crippen LogP contribution in [0.2, 0.25) is 0 Å². The third kappa shape index (κ3) is 3.37. The smallest absolute Gasteiger partial charge is 0.264 e. The normalized spacial score (nSPS) is 11.4. The minimum atomic E-state index is -4.01. The first-order chi connectivity index (χ1) is 9.83. The Morgan fingerprint density at radius 3 is 2.52 bits per heavy atom. The zero-order valence-corrected chi connectivity index (χ0v) is 12.5. The molecule has 2 aromatic rings. The molecule has 0 aliphatic carbocycles. The maximum Gasteiger partial charge on any atom is 0.264 e. The first kappa shape index (κ1) is 15.4. The van der Waals surface area contributed by atoms with Crippen molar-refractivity contribution in [2.75, 3.05) is 4.72 Å². The van der Waals surface area contributed by atoms with Crippen LogP contribution in [-0.2, 0) is 16.6 Å². The first-order valence-electron chi connectivity index (χ1n) is 6.29. The van der Waals surface area contributed by atoms with Gasteiger partial charge in [-0.1, -0.05) is 6.07 Å². The van der Waals surface area contributed by atoms with Gasteiger partial charge in [0.1, 0.15) is 10.7 Å². The number of aryl methyl sites for hydroxylation is 2. The van der Waals surface area contributed by atoms with E-state index in [1.165, 1.54) is 12.1 Å². The van der Waals surface area contributed by atoms with Crippen molar-refractivity contribution >= 4 is 15.7 Å². The van der Waals surface area contributed by atoms with Gasteiger partial charge in [0.25, 0.3) is 10.0 Å². The highest BCUT2D eigenvalue weighted by Crippen LogP contribution is 2.21. The van der Waals surface area contributed by atoms with Gasteiger partial charge in [-0.3, -0.25) is 9.71 Å². The van der Waals surface area contributed by atoms with Crippen LogP contribution >= 0.6 is 0 Å². The monoisotopic (exact) mass is 309 g/mol. The summed E-state index contributed by atoms with van der Waals surface area (Å²) in [6.07, 6.45) is 0. The molecule has 0 aliphatic rings. The second-order valence-corrected chi connectivity index (χ2v) is 6.31. The fourth-order valence-corrected chi connectivity index (χ4v) is 3.06. The van der Waals surface area contributed by atoms with Gasteiger partial charge in [-0.25, -0.2) is 12.8 Å². The van der Waals surface area contributed by atoms with Gasteiger partial charge in [-0.05, 0) is 43.7 Å². The Hall–Kier alpha value is -1.99. The molecule has 0 saturated heterocycles. The Kier molecular flexibility index (Phi) is 4.24. The van der Waals surface area contributed by atoms with Crippen molar-refractivity contribution in [3.8, 4) is 0 Å². The van der Waals surface area contributed by atoms with Crippen molar-refractivity contribution in [2.24, 2.45) is 5.73 Å². The number of nitrogens with zero attached hydrogens (tertiary/aromatic N) is 1. The molecule has 1 heterocycles. The summed E-state index contributed by atoms with van der Waals surface area (Å²) in [7, 11) is -4.01. The third-order valence-electron chi connectivity index (χ3n) is 2.99. The lowest BCUT2D eigenvalue weighted by atomic mass is 10.2. The van der Waals surface area contributed by atoms with Gasteiger partial charge in [0, 0.05) is 12.2 Å². The van der Waals surface area contributed by atoms with E-state index in [0.717, 1.165) is 11.8 Å². The fourth-order valence-electron chi connectivity index (χ4n) is 1.88. The molecule has 0 aliphatic heterocycles. The highest BCUT2D eigenvalue weighted by atomic mass is 32.2. The van der Waals surface area contributed by atoms with E-state index < -0.39 is 20.7 Å². The summed E-state index contributed by atoms with van der Waals surface area (Å²) in [6.45, 7) is 3.63. The van der Waals surface area contributed by atoms with Gasteiger partial charge in [-0.15, -0.1) is 0 Å². The van der Waals surface area contributed by atoms with Crippen molar-refractivity contribution in [1.82, 2.24) is 4.98 Å². The van der Waals surface area contributed by atoms with Crippen LogP contribution in [-0.4, -0.2) is 13.4 Å². The lowest BCUT2D eigenvalue weighted by Crippen LogP contribution is -2.16. The highest BCUT2D eigenvalue weighted by Gasteiger charge is 2.20. The van der Waals surface area contributed by atoms with E-state index in [1.54, 1.807) is 26.0 Å². The molecule has 0 saturated carbocycles. The number of hydrogen-bond acceptors (Lipinski definition) is 4. The first-order valence-corrected chi connectivity index (χ1v) is 7.77. The van der Waals surface area contributed by atoms with Gasteiger partial charge >= 0.3 is 0 Å². The average molecular weight is 309 g/mol. The number of benzene rings is 1. The number of nitrogens with two attached hydrogens (primary N) is 1. The molecule has 0 amide bonds. The molecule has 7 heteroatoms. The van der Waals surface area contributed by atoms with Crippen LogP contribution in [0, 0.1) is 19.7 Å². The van der Waals surface area contributed by atoms with Crippen molar-refractivity contribution in [2.45, 2.75) is 25.3 Å². The number of sulfonamides is 1. The zero-order valence-electron chi connectivity index (χ0n) is 11.7. The molecule has 2 rings (SSSR count). The van der Waals surface area contributed by atoms with E-state index in [9.17, 15) is 12.8 Å². The number of rotatable bonds is 4. The molecule has 0 bridgehead atoms. The molecular formula is C14H16FN3O2S. The molecule has 0 radical (unpaired) electrons. The summed E-state index contributed by atoms with van der Waals surface area (Å²) in [5, 5.41) is 0. The van der Waals surface area contributed by atoms with Crippen LogP contribution in [0.5, 0.6) is 0 Å². The zero-order chi connectivity index (χ0) is 15.6. The summed E-state index contributed by atoms with van der Waals surface area (Å²) in [4.78, 5) is 3.75. The standard InChI is InChI=1S/C14H16FN3O2S/c1-9-3-5-13(10(2)17-9)18-21(19,20)14-6-4-11(8-16)7-12(14)15/h3-7,18H,8,16H2,1-2H3. The summed E-state index contributed by atoms with van der Waals surface area (Å²) in [5.41, 5.74) is 7.54. The maximum absolute atomic E-state index is 13.9. The predicted molar refractivity (Wildman–Crippen MR) is 78.8 cm³/mol. The molecule has 112 valence electrons. The largest absolute Gasteiger partial charge is 0.326 e. The Morgan fingerprint density at radius 1 is 1.24 bits per heavy atom. The van der Waals surface area contributed by atoms with Gasteiger partial charge in [0.2, 0.25) is 0 Å². The van der Waals surface area contributed by atoms with Gasteiger partial charge in [0.05, 0.1) is 11.4 Å². The number of nitrogens with one attached hydrogen (secondary N) is 1. The van der Waals surface area contributed by atoms with Crippen LogP contribution < -0.4 is 10.5 Å². The average Bonchev–Trinajstić information content (AvgIpc) is 2.41. The van der Waals surface area contributed by atoms with E-state index in [1.807, 2.05) is 0 Å². The molecule has 21 heavy (non-hydrogen) atoms. The number of hydrogen-bond donors (Lipinski definition) is 2. The topological polar surface area (TPSA) is 85.1 Å². The van der Waals surface area contributed by atoms with E-state index >= 15 is 0 Å². The third-order valence-corrected chi connectivity index (χ3v) is 4.39. The van der Waals surface area contributed by atoms with E-state index in [0.29, 0.717) is 16.9 Å². The molecule has 0 unspecified atom stereocenters. The predicted octanol–water partition coefficient (Wildman–Crippen LogP) is 2.10. The van der Waals surface area contributed by atoms with Crippen molar-refractivity contribution < 1.29 is 12.8 Å². The highest BCUT2D eigenvalue weighted by molar-refractivity contribution is 7.92. The van der Waals surface area contributed by atoms with Crippen LogP contribution in [0.15, 0.2) is 35.2 Å². The second kappa shape index (κ2) is 5.79. The minimum Gasteiger partial charge on any atom is -0.326 e. The molecule has 0 fully saturated rings. The molecular weight excluding hydrogens is 293 g/mol.